The van der Waals surface area contributed by atoms with Crippen molar-refractivity contribution in [2.45, 2.75) is 32.9 Å². The van der Waals surface area contributed by atoms with Crippen LogP contribution in [0.5, 0.6) is 11.5 Å². The van der Waals surface area contributed by atoms with Gasteiger partial charge in [-0.05, 0) is 62.7 Å². The minimum absolute atomic E-state index is 0.0147. The number of aliphatic hydroxyl groups is 1. The van der Waals surface area contributed by atoms with E-state index in [9.17, 15) is 14.7 Å². The average Bonchev–Trinajstić information content (AvgIpc) is 3.13. The third-order valence-electron chi connectivity index (χ3n) is 6.31. The smallest absolute Gasteiger partial charge is 0.295 e. The van der Waals surface area contributed by atoms with Crippen LogP contribution in [0.4, 0.5) is 0 Å². The number of nitrogens with zero attached hydrogens (tertiary/aromatic N) is 2. The summed E-state index contributed by atoms with van der Waals surface area (Å²) in [5.74, 6) is -0.126. The summed E-state index contributed by atoms with van der Waals surface area (Å²) < 4.78 is 16.7. The minimum atomic E-state index is -0.701. The van der Waals surface area contributed by atoms with Crippen LogP contribution in [-0.4, -0.2) is 78.7 Å². The predicted molar refractivity (Wildman–Crippen MR) is 136 cm³/mol. The van der Waals surface area contributed by atoms with Crippen molar-refractivity contribution in [1.82, 2.24) is 9.80 Å². The molecule has 2 aliphatic heterocycles. The molecule has 8 heteroatoms. The first kappa shape index (κ1) is 25.7. The molecule has 4 rings (SSSR count). The third kappa shape index (κ3) is 5.71. The largest absolute Gasteiger partial charge is 0.507 e. The van der Waals surface area contributed by atoms with E-state index in [0.29, 0.717) is 50.0 Å². The van der Waals surface area contributed by atoms with E-state index < -0.39 is 17.7 Å². The van der Waals surface area contributed by atoms with Crippen LogP contribution in [0.1, 0.15) is 37.9 Å². The molecule has 0 bridgehead atoms. The van der Waals surface area contributed by atoms with E-state index >= 15 is 0 Å². The molecule has 192 valence electrons. The summed E-state index contributed by atoms with van der Waals surface area (Å²) in [7, 11) is 0. The van der Waals surface area contributed by atoms with Gasteiger partial charge in [-0.2, -0.15) is 0 Å². The fourth-order valence-corrected chi connectivity index (χ4v) is 4.56. The van der Waals surface area contributed by atoms with E-state index in [1.54, 1.807) is 29.2 Å². The van der Waals surface area contributed by atoms with E-state index in [2.05, 4.69) is 4.90 Å². The van der Waals surface area contributed by atoms with Crippen molar-refractivity contribution >= 4 is 17.4 Å². The number of hydrogen-bond acceptors (Lipinski definition) is 7. The normalized spacial score (nSPS) is 20.2. The molecule has 0 saturated carbocycles. The average molecular weight is 495 g/mol. The Hall–Kier alpha value is -3.36. The molecule has 1 N–H and O–H groups in total. The van der Waals surface area contributed by atoms with Gasteiger partial charge in [-0.25, -0.2) is 0 Å². The van der Waals surface area contributed by atoms with Gasteiger partial charge in [-0.15, -0.1) is 0 Å². The molecule has 2 aromatic carbocycles. The van der Waals surface area contributed by atoms with Gasteiger partial charge in [0.25, 0.3) is 11.7 Å². The predicted octanol–water partition coefficient (Wildman–Crippen LogP) is 3.63. The lowest BCUT2D eigenvalue weighted by Crippen LogP contribution is -2.42. The number of benzene rings is 2. The minimum Gasteiger partial charge on any atom is -0.507 e. The SMILES string of the molecule is CCOc1ccc([C@H]2/C(=C(\O)c3ccc(OC(C)C)cc3)C(=O)C(=O)N2CCN2CCOCC2)cc1. The van der Waals surface area contributed by atoms with Crippen LogP contribution < -0.4 is 9.47 Å². The molecular weight excluding hydrogens is 460 g/mol. The van der Waals surface area contributed by atoms with Gasteiger partial charge in [0, 0.05) is 31.7 Å². The highest BCUT2D eigenvalue weighted by atomic mass is 16.5. The van der Waals surface area contributed by atoms with Crippen LogP contribution in [0.25, 0.3) is 5.76 Å². The maximum absolute atomic E-state index is 13.3. The summed E-state index contributed by atoms with van der Waals surface area (Å²) in [6.07, 6.45) is 0.0147. The first-order chi connectivity index (χ1) is 17.4. The van der Waals surface area contributed by atoms with Crippen LogP contribution in [0, 0.1) is 0 Å². The highest BCUT2D eigenvalue weighted by Crippen LogP contribution is 2.40. The number of aliphatic hydroxyl groups excluding tert-OH is 1. The van der Waals surface area contributed by atoms with Crippen molar-refractivity contribution in [2.24, 2.45) is 0 Å². The van der Waals surface area contributed by atoms with Crippen LogP contribution in [0.15, 0.2) is 54.1 Å². The zero-order valence-electron chi connectivity index (χ0n) is 21.1. The van der Waals surface area contributed by atoms with Crippen LogP contribution in [0.2, 0.25) is 0 Å². The molecule has 2 saturated heterocycles. The molecular formula is C28H34N2O6. The standard InChI is InChI=1S/C28H34N2O6/c1-4-35-22-9-5-20(6-10-22)25-24(26(31)21-7-11-23(12-8-21)36-19(2)3)27(32)28(33)30(25)14-13-29-15-17-34-18-16-29/h5-12,19,25,31H,4,13-18H2,1-3H3/b26-24+/t25-/m0/s1. The second-order valence-corrected chi connectivity index (χ2v) is 9.14. The van der Waals surface area contributed by atoms with Crippen molar-refractivity contribution in [3.8, 4) is 11.5 Å². The van der Waals surface area contributed by atoms with E-state index in [-0.39, 0.29) is 17.4 Å². The molecule has 8 nitrogen and oxygen atoms in total. The molecule has 36 heavy (non-hydrogen) atoms. The van der Waals surface area contributed by atoms with E-state index in [1.807, 2.05) is 45.0 Å². The lowest BCUT2D eigenvalue weighted by atomic mass is 9.95. The molecule has 0 unspecified atom stereocenters. The Morgan fingerprint density at radius 2 is 1.64 bits per heavy atom. The quantitative estimate of drug-likeness (QED) is 0.324. The molecule has 0 aliphatic carbocycles. The highest BCUT2D eigenvalue weighted by molar-refractivity contribution is 6.46. The first-order valence-corrected chi connectivity index (χ1v) is 12.5. The van der Waals surface area contributed by atoms with Gasteiger partial charge in [0.2, 0.25) is 0 Å². The molecule has 2 heterocycles. The summed E-state index contributed by atoms with van der Waals surface area (Å²) in [4.78, 5) is 30.2. The van der Waals surface area contributed by atoms with Crippen molar-refractivity contribution in [3.05, 3.63) is 65.2 Å². The molecule has 0 aromatic heterocycles. The third-order valence-corrected chi connectivity index (χ3v) is 6.31. The maximum atomic E-state index is 13.3. The van der Waals surface area contributed by atoms with E-state index in [4.69, 9.17) is 14.2 Å². The molecule has 2 aliphatic rings. The Morgan fingerprint density at radius 3 is 2.25 bits per heavy atom. The van der Waals surface area contributed by atoms with Gasteiger partial charge >= 0.3 is 0 Å². The number of carbonyl (C=O) groups is 2. The Labute approximate surface area is 212 Å². The Kier molecular flexibility index (Phi) is 8.28. The van der Waals surface area contributed by atoms with Crippen LogP contribution >= 0.6 is 0 Å². The number of carbonyl (C=O) groups excluding carboxylic acids is 2. The number of rotatable bonds is 9. The lowest BCUT2D eigenvalue weighted by Gasteiger charge is -2.31. The van der Waals surface area contributed by atoms with Crippen molar-refractivity contribution in [2.75, 3.05) is 46.0 Å². The molecule has 1 amide bonds. The van der Waals surface area contributed by atoms with Crippen molar-refractivity contribution in [1.29, 1.82) is 0 Å². The second kappa shape index (κ2) is 11.6. The number of amides is 1. The topological polar surface area (TPSA) is 88.5 Å². The van der Waals surface area contributed by atoms with Gasteiger partial charge < -0.3 is 24.2 Å². The maximum Gasteiger partial charge on any atom is 0.295 e. The van der Waals surface area contributed by atoms with Crippen molar-refractivity contribution < 1.29 is 28.9 Å². The fraction of sp³-hybridized carbons (Fsp3) is 0.429. The van der Waals surface area contributed by atoms with Gasteiger partial charge in [0.05, 0.1) is 37.5 Å². The van der Waals surface area contributed by atoms with Gasteiger partial charge in [0.1, 0.15) is 17.3 Å². The summed E-state index contributed by atoms with van der Waals surface area (Å²) in [6, 6.07) is 13.5. The molecule has 1 atom stereocenters. The molecule has 0 spiro atoms. The van der Waals surface area contributed by atoms with Gasteiger partial charge in [-0.3, -0.25) is 14.5 Å². The lowest BCUT2D eigenvalue weighted by molar-refractivity contribution is -0.140. The van der Waals surface area contributed by atoms with Gasteiger partial charge in [0.15, 0.2) is 0 Å². The number of likely N-dealkylation sites (tertiary alicyclic amines) is 1. The Bertz CT molecular complexity index is 1090. The van der Waals surface area contributed by atoms with Crippen molar-refractivity contribution in [3.63, 3.8) is 0 Å². The summed E-state index contributed by atoms with van der Waals surface area (Å²) in [5, 5.41) is 11.3. The van der Waals surface area contributed by atoms with Crippen LogP contribution in [0.3, 0.4) is 0 Å². The van der Waals surface area contributed by atoms with E-state index in [0.717, 1.165) is 18.7 Å². The highest BCUT2D eigenvalue weighted by Gasteiger charge is 2.46. The summed E-state index contributed by atoms with van der Waals surface area (Å²) >= 11 is 0. The number of morpholine rings is 1. The summed E-state index contributed by atoms with van der Waals surface area (Å²) in [5.41, 5.74) is 1.28. The van der Waals surface area contributed by atoms with Gasteiger partial charge in [-0.1, -0.05) is 12.1 Å². The number of Topliss-reactive ketones (excluding diaryl/α,β-unsaturated/α-hetero) is 1. The fourth-order valence-electron chi connectivity index (χ4n) is 4.56. The Balaban J connectivity index is 1.69. The second-order valence-electron chi connectivity index (χ2n) is 9.14. The zero-order chi connectivity index (χ0) is 25.7. The monoisotopic (exact) mass is 494 g/mol. The zero-order valence-corrected chi connectivity index (χ0v) is 21.1. The molecule has 2 aromatic rings. The van der Waals surface area contributed by atoms with E-state index in [1.165, 1.54) is 0 Å². The molecule has 0 radical (unpaired) electrons. The Morgan fingerprint density at radius 1 is 1.00 bits per heavy atom. The van der Waals surface area contributed by atoms with Crippen LogP contribution in [-0.2, 0) is 14.3 Å². The number of ketones is 1. The first-order valence-electron chi connectivity index (χ1n) is 12.5. The number of hydrogen-bond donors (Lipinski definition) is 1. The number of ether oxygens (including phenoxy) is 3. The molecule has 2 fully saturated rings. The summed E-state index contributed by atoms with van der Waals surface area (Å²) in [6.45, 7) is 10.2.